The first kappa shape index (κ1) is 16.2. The minimum atomic E-state index is -0.120. The first-order chi connectivity index (χ1) is 11.5. The monoisotopic (exact) mass is 322 g/mol. The van der Waals surface area contributed by atoms with Gasteiger partial charge in [-0.15, -0.1) is 0 Å². The van der Waals surface area contributed by atoms with Gasteiger partial charge in [-0.05, 0) is 51.5 Å². The number of aromatic nitrogens is 3. The maximum absolute atomic E-state index is 12.8. The van der Waals surface area contributed by atoms with E-state index in [0.717, 1.165) is 29.2 Å². The minimum absolute atomic E-state index is 0.113. The Hall–Kier alpha value is -2.69. The quantitative estimate of drug-likeness (QED) is 0.799. The third-order valence-corrected chi connectivity index (χ3v) is 4.16. The number of hydrogen-bond donors (Lipinski definition) is 1. The van der Waals surface area contributed by atoms with E-state index in [2.05, 4.69) is 15.3 Å². The SMILES string of the molecule is CCC(NC(=O)c1ccn2c(C)cc(C)nc12)c1cccc(C)n1. The van der Waals surface area contributed by atoms with Crippen LogP contribution < -0.4 is 5.32 Å². The first-order valence-corrected chi connectivity index (χ1v) is 8.19. The second-order valence-electron chi connectivity index (χ2n) is 6.10. The highest BCUT2D eigenvalue weighted by Crippen LogP contribution is 2.18. The number of rotatable bonds is 4. The van der Waals surface area contributed by atoms with E-state index in [9.17, 15) is 4.79 Å². The average molecular weight is 322 g/mol. The van der Waals surface area contributed by atoms with Gasteiger partial charge in [0.25, 0.3) is 5.91 Å². The molecule has 3 heterocycles. The Morgan fingerprint density at radius 3 is 2.67 bits per heavy atom. The zero-order chi connectivity index (χ0) is 17.3. The van der Waals surface area contributed by atoms with E-state index in [0.29, 0.717) is 11.2 Å². The van der Waals surface area contributed by atoms with E-state index in [4.69, 9.17) is 0 Å². The van der Waals surface area contributed by atoms with E-state index < -0.39 is 0 Å². The number of carbonyl (C=O) groups is 1. The molecule has 0 saturated heterocycles. The maximum Gasteiger partial charge on any atom is 0.255 e. The molecular weight excluding hydrogens is 300 g/mol. The molecule has 0 aliphatic carbocycles. The summed E-state index contributed by atoms with van der Waals surface area (Å²) in [4.78, 5) is 21.8. The second-order valence-corrected chi connectivity index (χ2v) is 6.10. The van der Waals surface area contributed by atoms with E-state index in [1.165, 1.54) is 0 Å². The molecule has 5 nitrogen and oxygen atoms in total. The number of carbonyl (C=O) groups excluding carboxylic acids is 1. The van der Waals surface area contributed by atoms with Crippen molar-refractivity contribution in [1.29, 1.82) is 0 Å². The Kier molecular flexibility index (Phi) is 4.34. The van der Waals surface area contributed by atoms with Crippen molar-refractivity contribution in [1.82, 2.24) is 19.7 Å². The van der Waals surface area contributed by atoms with Crippen LogP contribution in [-0.4, -0.2) is 20.3 Å². The fourth-order valence-corrected chi connectivity index (χ4v) is 2.95. The van der Waals surface area contributed by atoms with Crippen molar-refractivity contribution in [2.75, 3.05) is 0 Å². The van der Waals surface area contributed by atoms with Crippen LogP contribution in [0, 0.1) is 20.8 Å². The number of pyridine rings is 1. The third kappa shape index (κ3) is 3.02. The Labute approximate surface area is 141 Å². The predicted molar refractivity (Wildman–Crippen MR) is 94.1 cm³/mol. The lowest BCUT2D eigenvalue weighted by molar-refractivity contribution is 0.0936. The third-order valence-electron chi connectivity index (χ3n) is 4.16. The molecule has 1 N–H and O–H groups in total. The van der Waals surface area contributed by atoms with E-state index in [1.807, 2.05) is 68.6 Å². The summed E-state index contributed by atoms with van der Waals surface area (Å²) in [6, 6.07) is 9.58. The predicted octanol–water partition coefficient (Wildman–Crippen LogP) is 3.54. The van der Waals surface area contributed by atoms with Gasteiger partial charge in [0.1, 0.15) is 5.65 Å². The summed E-state index contributed by atoms with van der Waals surface area (Å²) in [6.45, 7) is 7.94. The lowest BCUT2D eigenvalue weighted by Crippen LogP contribution is -2.29. The topological polar surface area (TPSA) is 59.3 Å². The van der Waals surface area contributed by atoms with Crippen LogP contribution in [0.2, 0.25) is 0 Å². The number of nitrogens with zero attached hydrogens (tertiary/aromatic N) is 3. The fourth-order valence-electron chi connectivity index (χ4n) is 2.95. The first-order valence-electron chi connectivity index (χ1n) is 8.19. The van der Waals surface area contributed by atoms with Crippen molar-refractivity contribution >= 4 is 11.6 Å². The van der Waals surface area contributed by atoms with Gasteiger partial charge in [0.05, 0.1) is 17.3 Å². The highest BCUT2D eigenvalue weighted by Gasteiger charge is 2.19. The Morgan fingerprint density at radius 1 is 1.17 bits per heavy atom. The Balaban J connectivity index is 1.92. The van der Waals surface area contributed by atoms with Crippen molar-refractivity contribution < 1.29 is 4.79 Å². The van der Waals surface area contributed by atoms with Crippen molar-refractivity contribution in [2.24, 2.45) is 0 Å². The highest BCUT2D eigenvalue weighted by molar-refractivity contribution is 6.00. The molecule has 0 radical (unpaired) electrons. The van der Waals surface area contributed by atoms with Gasteiger partial charge in [0, 0.05) is 23.3 Å². The standard InChI is InChI=1S/C19H22N4O/c1-5-16(17-8-6-7-12(2)20-17)22-19(24)15-9-10-23-14(4)11-13(3)21-18(15)23/h6-11,16H,5H2,1-4H3,(H,22,24). The minimum Gasteiger partial charge on any atom is -0.344 e. The van der Waals surface area contributed by atoms with Crippen LogP contribution in [0.25, 0.3) is 5.65 Å². The van der Waals surface area contributed by atoms with Crippen molar-refractivity contribution in [3.8, 4) is 0 Å². The molecule has 24 heavy (non-hydrogen) atoms. The van der Waals surface area contributed by atoms with Gasteiger partial charge in [-0.25, -0.2) is 4.98 Å². The summed E-state index contributed by atoms with van der Waals surface area (Å²) in [6.07, 6.45) is 2.66. The van der Waals surface area contributed by atoms with E-state index in [-0.39, 0.29) is 11.9 Å². The molecule has 1 amide bonds. The molecule has 0 fully saturated rings. The van der Waals surface area contributed by atoms with Gasteiger partial charge in [-0.2, -0.15) is 0 Å². The zero-order valence-corrected chi connectivity index (χ0v) is 14.5. The molecule has 5 heteroatoms. The molecule has 0 aliphatic rings. The molecule has 1 atom stereocenters. The Morgan fingerprint density at radius 2 is 1.96 bits per heavy atom. The molecule has 3 aromatic heterocycles. The van der Waals surface area contributed by atoms with Crippen LogP contribution in [0.1, 0.15) is 52.5 Å². The number of amides is 1. The van der Waals surface area contributed by atoms with Crippen molar-refractivity contribution in [3.63, 3.8) is 0 Å². The molecule has 0 aromatic carbocycles. The summed E-state index contributed by atoms with van der Waals surface area (Å²) in [5, 5.41) is 3.09. The van der Waals surface area contributed by atoms with Crippen LogP contribution >= 0.6 is 0 Å². The molecule has 0 aliphatic heterocycles. The van der Waals surface area contributed by atoms with Crippen LogP contribution in [-0.2, 0) is 0 Å². The smallest absolute Gasteiger partial charge is 0.255 e. The second kappa shape index (κ2) is 6.43. The van der Waals surface area contributed by atoms with Gasteiger partial charge in [0.2, 0.25) is 0 Å². The van der Waals surface area contributed by atoms with Crippen molar-refractivity contribution in [2.45, 2.75) is 40.2 Å². The summed E-state index contributed by atoms with van der Waals surface area (Å²) < 4.78 is 1.94. The van der Waals surface area contributed by atoms with E-state index >= 15 is 0 Å². The fraction of sp³-hybridized carbons (Fsp3) is 0.316. The van der Waals surface area contributed by atoms with Crippen LogP contribution in [0.15, 0.2) is 36.5 Å². The lowest BCUT2D eigenvalue weighted by Gasteiger charge is -2.16. The molecule has 3 aromatic rings. The van der Waals surface area contributed by atoms with Gasteiger partial charge in [0.15, 0.2) is 0 Å². The van der Waals surface area contributed by atoms with Crippen molar-refractivity contribution in [3.05, 3.63) is 64.9 Å². The normalized spacial score (nSPS) is 12.3. The summed E-state index contributed by atoms with van der Waals surface area (Å²) in [7, 11) is 0. The van der Waals surface area contributed by atoms with E-state index in [1.54, 1.807) is 0 Å². The highest BCUT2D eigenvalue weighted by atomic mass is 16.1. The molecule has 3 rings (SSSR count). The summed E-state index contributed by atoms with van der Waals surface area (Å²) in [5.41, 5.74) is 5.08. The molecule has 0 saturated carbocycles. The van der Waals surface area contributed by atoms with Gasteiger partial charge < -0.3 is 9.72 Å². The largest absolute Gasteiger partial charge is 0.344 e. The molecular formula is C19H22N4O. The number of aryl methyl sites for hydroxylation is 3. The van der Waals surface area contributed by atoms with Crippen LogP contribution in [0.4, 0.5) is 0 Å². The Bertz CT molecular complexity index is 898. The molecule has 0 bridgehead atoms. The van der Waals surface area contributed by atoms with Gasteiger partial charge >= 0.3 is 0 Å². The number of hydrogen-bond acceptors (Lipinski definition) is 3. The number of nitrogens with one attached hydrogen (secondary N) is 1. The summed E-state index contributed by atoms with van der Waals surface area (Å²) in [5.74, 6) is -0.120. The average Bonchev–Trinajstić information content (AvgIpc) is 2.96. The molecule has 1 unspecified atom stereocenters. The van der Waals surface area contributed by atoms with Gasteiger partial charge in [-0.1, -0.05) is 13.0 Å². The van der Waals surface area contributed by atoms with Gasteiger partial charge in [-0.3, -0.25) is 9.78 Å². The molecule has 124 valence electrons. The molecule has 0 spiro atoms. The maximum atomic E-state index is 12.8. The lowest BCUT2D eigenvalue weighted by atomic mass is 10.1. The van der Waals surface area contributed by atoms with Crippen LogP contribution in [0.5, 0.6) is 0 Å². The van der Waals surface area contributed by atoms with Crippen LogP contribution in [0.3, 0.4) is 0 Å². The zero-order valence-electron chi connectivity index (χ0n) is 14.5. The number of fused-ring (bicyclic) bond motifs is 1. The summed E-state index contributed by atoms with van der Waals surface area (Å²) >= 11 is 0.